The van der Waals surface area contributed by atoms with Crippen molar-refractivity contribution in [1.82, 2.24) is 9.97 Å². The lowest BCUT2D eigenvalue weighted by Crippen LogP contribution is -2.02. The molecule has 0 aliphatic carbocycles. The number of aromatic nitrogens is 2. The third-order valence-electron chi connectivity index (χ3n) is 2.46. The van der Waals surface area contributed by atoms with Crippen molar-refractivity contribution in [1.29, 1.82) is 0 Å². The molecule has 1 aromatic heterocycles. The van der Waals surface area contributed by atoms with Gasteiger partial charge in [-0.05, 0) is 12.1 Å². The minimum absolute atomic E-state index is 0.658. The number of anilines is 3. The fraction of sp³-hybridized carbons (Fsp3) is 0.143. The van der Waals surface area contributed by atoms with Crippen molar-refractivity contribution in [3.05, 3.63) is 49.3 Å². The third kappa shape index (κ3) is 3.45. The molecule has 0 spiro atoms. The van der Waals surface area contributed by atoms with Crippen molar-refractivity contribution in [2.75, 3.05) is 24.3 Å². The molecule has 98 valence electrons. The highest BCUT2D eigenvalue weighted by atomic mass is 16.5. The summed E-state index contributed by atoms with van der Waals surface area (Å²) in [7, 11) is 1.64. The largest absolute Gasteiger partial charge is 0.495 e. The van der Waals surface area contributed by atoms with Crippen LogP contribution < -0.4 is 15.4 Å². The number of hydrogen-bond acceptors (Lipinski definition) is 5. The summed E-state index contributed by atoms with van der Waals surface area (Å²) in [5.74, 6) is 2.21. The number of para-hydroxylation sites is 2. The van der Waals surface area contributed by atoms with Crippen molar-refractivity contribution < 1.29 is 4.74 Å². The van der Waals surface area contributed by atoms with Gasteiger partial charge in [0.25, 0.3) is 0 Å². The van der Waals surface area contributed by atoms with E-state index >= 15 is 0 Å². The van der Waals surface area contributed by atoms with Gasteiger partial charge in [0.05, 0.1) is 12.8 Å². The molecule has 0 unspecified atom stereocenters. The molecule has 1 aromatic carbocycles. The topological polar surface area (TPSA) is 59.1 Å². The van der Waals surface area contributed by atoms with Crippen LogP contribution in [0.2, 0.25) is 0 Å². The molecule has 0 bridgehead atoms. The van der Waals surface area contributed by atoms with E-state index in [1.165, 1.54) is 6.33 Å². The summed E-state index contributed by atoms with van der Waals surface area (Å²) in [4.78, 5) is 8.29. The number of nitrogens with one attached hydrogen (secondary N) is 2. The standard InChI is InChI=1S/C14H16N4O/c1-3-8-15-13-9-14(17-10-16-13)18-11-6-4-5-7-12(11)19-2/h3-7,9-10H,1,8H2,2H3,(H2,15,16,17,18). The quantitative estimate of drug-likeness (QED) is 0.778. The van der Waals surface area contributed by atoms with E-state index in [2.05, 4.69) is 27.2 Å². The maximum absolute atomic E-state index is 5.28. The van der Waals surface area contributed by atoms with Gasteiger partial charge in [-0.3, -0.25) is 0 Å². The molecule has 2 aromatic rings. The first kappa shape index (κ1) is 12.9. The molecule has 1 heterocycles. The average Bonchev–Trinajstić information content (AvgIpc) is 2.46. The van der Waals surface area contributed by atoms with E-state index in [0.717, 1.165) is 17.3 Å². The molecule has 0 aliphatic heterocycles. The minimum Gasteiger partial charge on any atom is -0.495 e. The van der Waals surface area contributed by atoms with Crippen LogP contribution >= 0.6 is 0 Å². The van der Waals surface area contributed by atoms with Gasteiger partial charge in [0.15, 0.2) is 0 Å². The second kappa shape index (κ2) is 6.39. The lowest BCUT2D eigenvalue weighted by Gasteiger charge is -2.10. The molecule has 2 rings (SSSR count). The highest BCUT2D eigenvalue weighted by molar-refractivity contribution is 5.65. The van der Waals surface area contributed by atoms with E-state index in [1.807, 2.05) is 30.3 Å². The molecule has 0 radical (unpaired) electrons. The van der Waals surface area contributed by atoms with Crippen LogP contribution in [0, 0.1) is 0 Å². The Kier molecular flexibility index (Phi) is 4.34. The Balaban J connectivity index is 2.16. The molecule has 0 fully saturated rings. The number of rotatable bonds is 6. The maximum atomic E-state index is 5.28. The Morgan fingerprint density at radius 3 is 2.84 bits per heavy atom. The Hall–Kier alpha value is -2.56. The Morgan fingerprint density at radius 1 is 1.26 bits per heavy atom. The van der Waals surface area contributed by atoms with Gasteiger partial charge in [0.2, 0.25) is 0 Å². The fourth-order valence-corrected chi connectivity index (χ4v) is 1.58. The molecule has 0 saturated heterocycles. The number of nitrogens with zero attached hydrogens (tertiary/aromatic N) is 2. The summed E-state index contributed by atoms with van der Waals surface area (Å²) in [6.07, 6.45) is 3.28. The van der Waals surface area contributed by atoms with Crippen LogP contribution in [-0.2, 0) is 0 Å². The smallest absolute Gasteiger partial charge is 0.142 e. The van der Waals surface area contributed by atoms with Crippen molar-refractivity contribution in [2.24, 2.45) is 0 Å². The van der Waals surface area contributed by atoms with Gasteiger partial charge < -0.3 is 15.4 Å². The summed E-state index contributed by atoms with van der Waals surface area (Å²) in [6, 6.07) is 9.50. The molecule has 5 nitrogen and oxygen atoms in total. The zero-order valence-electron chi connectivity index (χ0n) is 10.8. The van der Waals surface area contributed by atoms with Crippen LogP contribution in [0.15, 0.2) is 49.3 Å². The molecule has 5 heteroatoms. The SMILES string of the molecule is C=CCNc1cc(Nc2ccccc2OC)ncn1. The normalized spacial score (nSPS) is 9.74. The lowest BCUT2D eigenvalue weighted by atomic mass is 10.3. The highest BCUT2D eigenvalue weighted by Crippen LogP contribution is 2.26. The van der Waals surface area contributed by atoms with Crippen molar-refractivity contribution in [3.8, 4) is 5.75 Å². The summed E-state index contributed by atoms with van der Waals surface area (Å²) in [5.41, 5.74) is 0.860. The van der Waals surface area contributed by atoms with Crippen molar-refractivity contribution in [2.45, 2.75) is 0 Å². The summed E-state index contributed by atoms with van der Waals surface area (Å²) >= 11 is 0. The Morgan fingerprint density at radius 2 is 2.05 bits per heavy atom. The predicted octanol–water partition coefficient (Wildman–Crippen LogP) is 2.83. The monoisotopic (exact) mass is 256 g/mol. The first-order chi connectivity index (χ1) is 9.33. The van der Waals surface area contributed by atoms with Gasteiger partial charge >= 0.3 is 0 Å². The molecule has 19 heavy (non-hydrogen) atoms. The Bertz CT molecular complexity index is 557. The van der Waals surface area contributed by atoms with Crippen LogP contribution in [0.25, 0.3) is 0 Å². The zero-order valence-corrected chi connectivity index (χ0v) is 10.8. The number of methoxy groups -OCH3 is 1. The van der Waals surface area contributed by atoms with Crippen LogP contribution in [0.3, 0.4) is 0 Å². The molecule has 2 N–H and O–H groups in total. The average molecular weight is 256 g/mol. The van der Waals surface area contributed by atoms with Gasteiger partial charge in [-0.25, -0.2) is 9.97 Å². The van der Waals surface area contributed by atoms with Gasteiger partial charge in [-0.2, -0.15) is 0 Å². The third-order valence-corrected chi connectivity index (χ3v) is 2.46. The summed E-state index contributed by atoms with van der Waals surface area (Å²) in [5, 5.41) is 6.31. The number of ether oxygens (including phenoxy) is 1. The first-order valence-electron chi connectivity index (χ1n) is 5.90. The second-order valence-corrected chi connectivity index (χ2v) is 3.78. The van der Waals surface area contributed by atoms with Crippen LogP contribution in [0.5, 0.6) is 5.75 Å². The van der Waals surface area contributed by atoms with Crippen molar-refractivity contribution in [3.63, 3.8) is 0 Å². The van der Waals surface area contributed by atoms with Gasteiger partial charge in [-0.1, -0.05) is 18.2 Å². The van der Waals surface area contributed by atoms with Crippen molar-refractivity contribution >= 4 is 17.3 Å². The van der Waals surface area contributed by atoms with E-state index < -0.39 is 0 Å². The van der Waals surface area contributed by atoms with Crippen LogP contribution in [0.4, 0.5) is 17.3 Å². The molecule has 0 atom stereocenters. The molecule has 0 saturated carbocycles. The van der Waals surface area contributed by atoms with E-state index in [1.54, 1.807) is 13.2 Å². The van der Waals surface area contributed by atoms with E-state index in [0.29, 0.717) is 12.4 Å². The molecule has 0 aliphatic rings. The van der Waals surface area contributed by atoms with Gasteiger partial charge in [0, 0.05) is 12.6 Å². The molecular formula is C14H16N4O. The maximum Gasteiger partial charge on any atom is 0.142 e. The van der Waals surface area contributed by atoms with E-state index in [4.69, 9.17) is 4.74 Å². The lowest BCUT2D eigenvalue weighted by molar-refractivity contribution is 0.417. The highest BCUT2D eigenvalue weighted by Gasteiger charge is 2.03. The fourth-order valence-electron chi connectivity index (χ4n) is 1.58. The first-order valence-corrected chi connectivity index (χ1v) is 5.90. The zero-order chi connectivity index (χ0) is 13.5. The van der Waals surface area contributed by atoms with Crippen LogP contribution in [0.1, 0.15) is 0 Å². The summed E-state index contributed by atoms with van der Waals surface area (Å²) in [6.45, 7) is 4.31. The van der Waals surface area contributed by atoms with Crippen LogP contribution in [-0.4, -0.2) is 23.6 Å². The predicted molar refractivity (Wildman–Crippen MR) is 77.0 cm³/mol. The number of benzene rings is 1. The van der Waals surface area contributed by atoms with Gasteiger partial charge in [0.1, 0.15) is 23.7 Å². The Labute approximate surface area is 112 Å². The number of hydrogen-bond donors (Lipinski definition) is 2. The molecule has 0 amide bonds. The second-order valence-electron chi connectivity index (χ2n) is 3.78. The van der Waals surface area contributed by atoms with Gasteiger partial charge in [-0.15, -0.1) is 6.58 Å². The van der Waals surface area contributed by atoms with E-state index in [-0.39, 0.29) is 0 Å². The molecular weight excluding hydrogens is 240 g/mol. The minimum atomic E-state index is 0.658. The van der Waals surface area contributed by atoms with E-state index in [9.17, 15) is 0 Å². The summed E-state index contributed by atoms with van der Waals surface area (Å²) < 4.78 is 5.28.